The number of likely N-dealkylation sites (tertiary alicyclic amines) is 1. The highest BCUT2D eigenvalue weighted by Crippen LogP contribution is 2.40. The fourth-order valence-electron chi connectivity index (χ4n) is 4.61. The van der Waals surface area contributed by atoms with Gasteiger partial charge in [0.05, 0.1) is 30.9 Å². The lowest BCUT2D eigenvalue weighted by molar-refractivity contribution is -0.140. The number of amides is 1. The van der Waals surface area contributed by atoms with Gasteiger partial charge in [0.15, 0.2) is 0 Å². The number of nitrogens with zero attached hydrogens (tertiary/aromatic N) is 2. The maximum atomic E-state index is 13.2. The Morgan fingerprint density at radius 1 is 1.03 bits per heavy atom. The van der Waals surface area contributed by atoms with Crippen molar-refractivity contribution in [1.29, 1.82) is 0 Å². The van der Waals surface area contributed by atoms with Crippen molar-refractivity contribution in [3.05, 3.63) is 70.8 Å². The summed E-state index contributed by atoms with van der Waals surface area (Å²) in [6.07, 6.45) is 0.760. The van der Waals surface area contributed by atoms with Gasteiger partial charge in [0.25, 0.3) is 11.7 Å². The molecule has 4 rings (SSSR count). The van der Waals surface area contributed by atoms with Gasteiger partial charge in [0.2, 0.25) is 0 Å². The number of ketones is 1. The number of ether oxygens (including phenoxy) is 2. The largest absolute Gasteiger partial charge is 0.507 e. The molecular formula is C28H34N2O5. The minimum Gasteiger partial charge on any atom is -0.507 e. The topological polar surface area (TPSA) is 79.3 Å². The third-order valence-electron chi connectivity index (χ3n) is 6.41. The summed E-state index contributed by atoms with van der Waals surface area (Å²) in [7, 11) is 0. The monoisotopic (exact) mass is 478 g/mol. The maximum absolute atomic E-state index is 13.2. The molecule has 2 aliphatic heterocycles. The van der Waals surface area contributed by atoms with Crippen molar-refractivity contribution >= 4 is 17.4 Å². The number of benzene rings is 2. The van der Waals surface area contributed by atoms with Gasteiger partial charge in [-0.15, -0.1) is 0 Å². The highest BCUT2D eigenvalue weighted by atomic mass is 16.5. The van der Waals surface area contributed by atoms with Crippen molar-refractivity contribution in [2.24, 2.45) is 0 Å². The molecule has 1 N–H and O–H groups in total. The average molecular weight is 479 g/mol. The molecule has 0 bridgehead atoms. The Kier molecular flexibility index (Phi) is 7.88. The first-order chi connectivity index (χ1) is 16.8. The van der Waals surface area contributed by atoms with E-state index in [9.17, 15) is 14.7 Å². The van der Waals surface area contributed by atoms with Crippen LogP contribution < -0.4 is 4.74 Å². The predicted octanol–water partition coefficient (Wildman–Crippen LogP) is 3.93. The minimum absolute atomic E-state index is 0.0354. The SMILES string of the molecule is Cc1ccc(/C(O)=C2\C(=O)C(=O)N(CCCN3CCOCC3)[C@@H]2c2ccc(OC(C)C)cc2)cc1. The molecule has 2 aliphatic rings. The number of hydrogen-bond donors (Lipinski definition) is 1. The minimum atomic E-state index is -0.658. The second-order valence-electron chi connectivity index (χ2n) is 9.40. The zero-order chi connectivity index (χ0) is 24.9. The Morgan fingerprint density at radius 3 is 2.31 bits per heavy atom. The zero-order valence-corrected chi connectivity index (χ0v) is 20.7. The van der Waals surface area contributed by atoms with Gasteiger partial charge in [-0.05, 0) is 44.9 Å². The Balaban J connectivity index is 1.66. The van der Waals surface area contributed by atoms with Crippen LogP contribution in [0.2, 0.25) is 0 Å². The summed E-state index contributed by atoms with van der Waals surface area (Å²) in [5.41, 5.74) is 2.46. The van der Waals surface area contributed by atoms with Crippen LogP contribution in [0, 0.1) is 6.92 Å². The highest BCUT2D eigenvalue weighted by molar-refractivity contribution is 6.46. The molecule has 7 nitrogen and oxygen atoms in total. The molecule has 2 saturated heterocycles. The molecule has 0 saturated carbocycles. The quantitative estimate of drug-likeness (QED) is 0.352. The Morgan fingerprint density at radius 2 is 1.69 bits per heavy atom. The van der Waals surface area contributed by atoms with E-state index in [1.54, 1.807) is 17.0 Å². The van der Waals surface area contributed by atoms with Crippen LogP contribution >= 0.6 is 0 Å². The lowest BCUT2D eigenvalue weighted by Crippen LogP contribution is -2.38. The molecule has 7 heteroatoms. The van der Waals surface area contributed by atoms with E-state index in [1.807, 2.05) is 57.2 Å². The average Bonchev–Trinajstić information content (AvgIpc) is 3.10. The summed E-state index contributed by atoms with van der Waals surface area (Å²) in [5.74, 6) is -0.659. The third kappa shape index (κ3) is 5.74. The van der Waals surface area contributed by atoms with E-state index in [0.717, 1.165) is 37.2 Å². The van der Waals surface area contributed by atoms with Gasteiger partial charge in [0.1, 0.15) is 11.5 Å². The molecule has 35 heavy (non-hydrogen) atoms. The number of carbonyl (C=O) groups excluding carboxylic acids is 2. The summed E-state index contributed by atoms with van der Waals surface area (Å²) in [6.45, 7) is 10.3. The molecule has 0 aliphatic carbocycles. The molecule has 2 aromatic carbocycles. The van der Waals surface area contributed by atoms with Gasteiger partial charge in [0, 0.05) is 31.7 Å². The fourth-order valence-corrected chi connectivity index (χ4v) is 4.61. The van der Waals surface area contributed by atoms with E-state index in [1.165, 1.54) is 0 Å². The fraction of sp³-hybridized carbons (Fsp3) is 0.429. The van der Waals surface area contributed by atoms with Crippen LogP contribution in [0.5, 0.6) is 5.75 Å². The molecule has 0 aromatic heterocycles. The molecule has 1 atom stereocenters. The smallest absolute Gasteiger partial charge is 0.295 e. The standard InChI is InChI=1S/C28H34N2O5/c1-19(2)35-23-11-9-21(10-12-23)25-24(26(31)22-7-5-20(3)6-8-22)27(32)28(33)30(25)14-4-13-29-15-17-34-18-16-29/h5-12,19,25,31H,4,13-18H2,1-3H3/b26-24+/t25-/m1/s1. The second-order valence-corrected chi connectivity index (χ2v) is 9.40. The van der Waals surface area contributed by atoms with Gasteiger partial charge in [-0.25, -0.2) is 0 Å². The number of carbonyl (C=O) groups is 2. The molecule has 0 spiro atoms. The zero-order valence-electron chi connectivity index (χ0n) is 20.7. The van der Waals surface area contributed by atoms with Gasteiger partial charge in [-0.2, -0.15) is 0 Å². The number of aliphatic hydroxyl groups excluding tert-OH is 1. The number of aliphatic hydroxyl groups is 1. The van der Waals surface area contributed by atoms with Gasteiger partial charge < -0.3 is 19.5 Å². The van der Waals surface area contributed by atoms with Gasteiger partial charge in [-0.3, -0.25) is 14.5 Å². The first-order valence-corrected chi connectivity index (χ1v) is 12.3. The molecule has 1 amide bonds. The Hall–Kier alpha value is -3.16. The lowest BCUT2D eigenvalue weighted by Gasteiger charge is -2.29. The summed E-state index contributed by atoms with van der Waals surface area (Å²) < 4.78 is 11.2. The first kappa shape index (κ1) is 24.9. The molecule has 2 fully saturated rings. The van der Waals surface area contributed by atoms with Crippen LogP contribution in [-0.2, 0) is 14.3 Å². The molecular weight excluding hydrogens is 444 g/mol. The van der Waals surface area contributed by atoms with Crippen molar-refractivity contribution < 1.29 is 24.2 Å². The van der Waals surface area contributed by atoms with E-state index in [0.29, 0.717) is 31.1 Å². The van der Waals surface area contributed by atoms with Crippen LogP contribution in [0.15, 0.2) is 54.1 Å². The van der Waals surface area contributed by atoms with Crippen LogP contribution in [0.25, 0.3) is 5.76 Å². The van der Waals surface area contributed by atoms with Gasteiger partial charge in [-0.1, -0.05) is 42.0 Å². The van der Waals surface area contributed by atoms with Gasteiger partial charge >= 0.3 is 0 Å². The maximum Gasteiger partial charge on any atom is 0.295 e. The molecule has 186 valence electrons. The molecule has 0 radical (unpaired) electrons. The van der Waals surface area contributed by atoms with Crippen LogP contribution in [0.3, 0.4) is 0 Å². The van der Waals surface area contributed by atoms with Crippen molar-refractivity contribution in [2.45, 2.75) is 39.3 Å². The number of rotatable bonds is 8. The van der Waals surface area contributed by atoms with Crippen molar-refractivity contribution in [3.8, 4) is 5.75 Å². The summed E-state index contributed by atoms with van der Waals surface area (Å²) in [6, 6.07) is 14.1. The van der Waals surface area contributed by atoms with Crippen molar-refractivity contribution in [1.82, 2.24) is 9.80 Å². The summed E-state index contributed by atoms with van der Waals surface area (Å²) in [4.78, 5) is 30.3. The predicted molar refractivity (Wildman–Crippen MR) is 134 cm³/mol. The summed E-state index contributed by atoms with van der Waals surface area (Å²) >= 11 is 0. The second kappa shape index (κ2) is 11.1. The van der Waals surface area contributed by atoms with Crippen LogP contribution in [0.4, 0.5) is 0 Å². The Labute approximate surface area is 206 Å². The van der Waals surface area contributed by atoms with E-state index in [-0.39, 0.29) is 17.4 Å². The lowest BCUT2D eigenvalue weighted by atomic mass is 9.95. The highest BCUT2D eigenvalue weighted by Gasteiger charge is 2.45. The van der Waals surface area contributed by atoms with Crippen molar-refractivity contribution in [2.75, 3.05) is 39.4 Å². The molecule has 2 aromatic rings. The first-order valence-electron chi connectivity index (χ1n) is 12.3. The van der Waals surface area contributed by atoms with E-state index in [4.69, 9.17) is 9.47 Å². The van der Waals surface area contributed by atoms with Crippen molar-refractivity contribution in [3.63, 3.8) is 0 Å². The number of hydrogen-bond acceptors (Lipinski definition) is 6. The number of morpholine rings is 1. The van der Waals surface area contributed by atoms with E-state index < -0.39 is 17.7 Å². The Bertz CT molecular complexity index is 1070. The molecule has 0 unspecified atom stereocenters. The van der Waals surface area contributed by atoms with E-state index >= 15 is 0 Å². The van der Waals surface area contributed by atoms with E-state index in [2.05, 4.69) is 4.90 Å². The number of aryl methyl sites for hydroxylation is 1. The number of Topliss-reactive ketones (excluding diaryl/α,β-unsaturated/α-hetero) is 1. The van der Waals surface area contributed by atoms with Crippen LogP contribution in [0.1, 0.15) is 43.0 Å². The normalized spacial score (nSPS) is 20.6. The summed E-state index contributed by atoms with van der Waals surface area (Å²) in [5, 5.41) is 11.2. The third-order valence-corrected chi connectivity index (χ3v) is 6.41. The molecule has 2 heterocycles. The van der Waals surface area contributed by atoms with Crippen LogP contribution in [-0.4, -0.2) is 72.1 Å².